The first-order valence-electron chi connectivity index (χ1n) is 8.61. The number of hydrogen-bond acceptors (Lipinski definition) is 3. The third-order valence-corrected chi connectivity index (χ3v) is 14.2. The molecular weight excluding hydrogens is 330 g/mol. The molecule has 0 saturated carbocycles. The Labute approximate surface area is 152 Å². The summed E-state index contributed by atoms with van der Waals surface area (Å²) in [7, 11) is -4.00. The maximum atomic E-state index is 9.83. The van der Waals surface area contributed by atoms with Gasteiger partial charge in [-0.25, -0.2) is 0 Å². The zero-order valence-electron chi connectivity index (χ0n) is 17.4. The van der Waals surface area contributed by atoms with Gasteiger partial charge in [-0.2, -0.15) is 5.26 Å². The Bertz CT molecular complexity index is 505. The molecule has 3 nitrogen and oxygen atoms in total. The lowest BCUT2D eigenvalue weighted by Gasteiger charge is -2.41. The van der Waals surface area contributed by atoms with Crippen molar-refractivity contribution < 1.29 is 8.85 Å². The third kappa shape index (κ3) is 5.91. The highest BCUT2D eigenvalue weighted by molar-refractivity contribution is 6.74. The van der Waals surface area contributed by atoms with Gasteiger partial charge in [-0.05, 0) is 42.3 Å². The molecule has 0 radical (unpaired) electrons. The van der Waals surface area contributed by atoms with E-state index in [-0.39, 0.29) is 10.1 Å². The molecule has 0 aliphatic heterocycles. The Hall–Kier alpha value is -0.836. The number of rotatable bonds is 7. The molecule has 24 heavy (non-hydrogen) atoms. The van der Waals surface area contributed by atoms with E-state index < -0.39 is 22.2 Å². The minimum Gasteiger partial charge on any atom is -0.549 e. The van der Waals surface area contributed by atoms with Crippen LogP contribution in [0.4, 0.5) is 0 Å². The maximum Gasteiger partial charge on any atom is 0.249 e. The van der Waals surface area contributed by atoms with Crippen molar-refractivity contribution >= 4 is 16.6 Å². The summed E-state index contributed by atoms with van der Waals surface area (Å²) in [4.78, 5) is 0. The summed E-state index contributed by atoms with van der Waals surface area (Å²) in [5.41, 5.74) is -1.01. The highest BCUT2D eigenvalue weighted by Gasteiger charge is 2.44. The van der Waals surface area contributed by atoms with E-state index in [0.717, 1.165) is 0 Å². The predicted molar refractivity (Wildman–Crippen MR) is 109 cm³/mol. The SMILES string of the molecule is C=CC[C@](C#N)(/C=C\O[Si](C)(C)C(C)(C)C)O[Si](C)(C)C(C)(C)C. The molecule has 0 aliphatic rings. The summed E-state index contributed by atoms with van der Waals surface area (Å²) in [6.45, 7) is 25.6. The summed E-state index contributed by atoms with van der Waals surface area (Å²) in [5, 5.41) is 9.98. The minimum absolute atomic E-state index is 0.0321. The average molecular weight is 368 g/mol. The minimum atomic E-state index is -2.10. The normalized spacial score (nSPS) is 16.5. The Kier molecular flexibility index (Phi) is 7.33. The molecule has 0 heterocycles. The first-order valence-corrected chi connectivity index (χ1v) is 14.4. The molecule has 5 heteroatoms. The number of nitriles is 1. The number of hydrogen-bond donors (Lipinski definition) is 0. The molecule has 0 aliphatic carbocycles. The predicted octanol–water partition coefficient (Wildman–Crippen LogP) is 6.38. The molecule has 138 valence electrons. The smallest absolute Gasteiger partial charge is 0.249 e. The Morgan fingerprint density at radius 1 is 0.958 bits per heavy atom. The van der Waals surface area contributed by atoms with E-state index >= 15 is 0 Å². The number of nitrogens with zero attached hydrogens (tertiary/aromatic N) is 1. The zero-order chi connectivity index (χ0) is 19.4. The van der Waals surface area contributed by atoms with Crippen molar-refractivity contribution in [2.75, 3.05) is 0 Å². The van der Waals surface area contributed by atoms with Crippen LogP contribution in [0.15, 0.2) is 25.0 Å². The van der Waals surface area contributed by atoms with Crippen LogP contribution in [0.3, 0.4) is 0 Å². The van der Waals surface area contributed by atoms with Crippen molar-refractivity contribution in [1.29, 1.82) is 5.26 Å². The molecular formula is C19H37NO2Si2. The lowest BCUT2D eigenvalue weighted by molar-refractivity contribution is 0.159. The van der Waals surface area contributed by atoms with E-state index in [9.17, 15) is 5.26 Å². The van der Waals surface area contributed by atoms with Crippen molar-refractivity contribution in [3.63, 3.8) is 0 Å². The van der Waals surface area contributed by atoms with E-state index in [1.807, 2.05) is 0 Å². The largest absolute Gasteiger partial charge is 0.549 e. The van der Waals surface area contributed by atoms with Gasteiger partial charge in [0.2, 0.25) is 8.32 Å². The summed E-state index contributed by atoms with van der Waals surface area (Å²) in [5.74, 6) is 0. The summed E-state index contributed by atoms with van der Waals surface area (Å²) < 4.78 is 12.5. The Balaban J connectivity index is 5.54. The third-order valence-electron chi connectivity index (χ3n) is 5.39. The summed E-state index contributed by atoms with van der Waals surface area (Å²) in [6.07, 6.45) is 5.67. The van der Waals surface area contributed by atoms with E-state index in [0.29, 0.717) is 6.42 Å². The monoisotopic (exact) mass is 367 g/mol. The molecule has 0 fully saturated rings. The van der Waals surface area contributed by atoms with Crippen LogP contribution in [0.1, 0.15) is 48.0 Å². The van der Waals surface area contributed by atoms with E-state index in [1.54, 1.807) is 18.4 Å². The van der Waals surface area contributed by atoms with E-state index in [2.05, 4.69) is 80.4 Å². The lowest BCUT2D eigenvalue weighted by Crippen LogP contribution is -2.48. The molecule has 1 atom stereocenters. The van der Waals surface area contributed by atoms with Gasteiger partial charge in [0.05, 0.1) is 6.26 Å². The quantitative estimate of drug-likeness (QED) is 0.298. The Morgan fingerprint density at radius 3 is 1.75 bits per heavy atom. The van der Waals surface area contributed by atoms with E-state index in [4.69, 9.17) is 8.85 Å². The fourth-order valence-electron chi connectivity index (χ4n) is 1.56. The van der Waals surface area contributed by atoms with Crippen molar-refractivity contribution in [3.05, 3.63) is 25.0 Å². The topological polar surface area (TPSA) is 42.2 Å². The van der Waals surface area contributed by atoms with Crippen LogP contribution in [-0.2, 0) is 8.85 Å². The molecule has 0 saturated heterocycles. The molecule has 0 spiro atoms. The van der Waals surface area contributed by atoms with Gasteiger partial charge >= 0.3 is 0 Å². The van der Waals surface area contributed by atoms with Gasteiger partial charge in [-0.1, -0.05) is 47.6 Å². The molecule has 0 aromatic rings. The molecule has 0 unspecified atom stereocenters. The standard InChI is InChI=1S/C19H37NO2Si2/c1-12-13-19(16-20,22-24(10,11)18(5,6)7)14-15-21-23(8,9)17(2,3)4/h12,14-15H,1,13H2,2-11H3/b15-14-/t19-/m1/s1. The maximum absolute atomic E-state index is 9.83. The molecule has 0 amide bonds. The molecule has 0 aromatic carbocycles. The fourth-order valence-corrected chi connectivity index (χ4v) is 3.74. The summed E-state index contributed by atoms with van der Waals surface area (Å²) in [6, 6.07) is 2.36. The van der Waals surface area contributed by atoms with E-state index in [1.165, 1.54) is 0 Å². The van der Waals surface area contributed by atoms with Crippen LogP contribution in [0.5, 0.6) is 0 Å². The first-order chi connectivity index (χ1) is 10.5. The first kappa shape index (κ1) is 23.2. The molecule has 0 rings (SSSR count). The van der Waals surface area contributed by atoms with Gasteiger partial charge in [0, 0.05) is 6.42 Å². The second kappa shape index (κ2) is 7.59. The summed E-state index contributed by atoms with van der Waals surface area (Å²) >= 11 is 0. The second-order valence-electron chi connectivity index (χ2n) is 9.54. The van der Waals surface area contributed by atoms with Crippen LogP contribution >= 0.6 is 0 Å². The molecule has 0 N–H and O–H groups in total. The highest BCUT2D eigenvalue weighted by Crippen LogP contribution is 2.41. The van der Waals surface area contributed by atoms with Crippen molar-refractivity contribution in [3.8, 4) is 6.07 Å². The van der Waals surface area contributed by atoms with Crippen LogP contribution in [0.25, 0.3) is 0 Å². The van der Waals surface area contributed by atoms with Crippen LogP contribution in [0.2, 0.25) is 36.3 Å². The van der Waals surface area contributed by atoms with Crippen molar-refractivity contribution in [2.24, 2.45) is 0 Å². The van der Waals surface area contributed by atoms with Gasteiger partial charge in [-0.3, -0.25) is 0 Å². The fraction of sp³-hybridized carbons (Fsp3) is 0.737. The van der Waals surface area contributed by atoms with Gasteiger partial charge in [0.25, 0.3) is 0 Å². The van der Waals surface area contributed by atoms with Crippen molar-refractivity contribution in [1.82, 2.24) is 0 Å². The van der Waals surface area contributed by atoms with Gasteiger partial charge in [0.1, 0.15) is 6.07 Å². The molecule has 0 bridgehead atoms. The molecule has 0 aromatic heterocycles. The zero-order valence-corrected chi connectivity index (χ0v) is 19.4. The van der Waals surface area contributed by atoms with Gasteiger partial charge in [-0.15, -0.1) is 6.58 Å². The average Bonchev–Trinajstić information content (AvgIpc) is 2.35. The van der Waals surface area contributed by atoms with Crippen LogP contribution in [-0.4, -0.2) is 22.2 Å². The highest BCUT2D eigenvalue weighted by atomic mass is 28.4. The van der Waals surface area contributed by atoms with Crippen LogP contribution in [0, 0.1) is 11.3 Å². The van der Waals surface area contributed by atoms with Gasteiger partial charge < -0.3 is 8.85 Å². The van der Waals surface area contributed by atoms with Crippen molar-refractivity contribution in [2.45, 2.75) is 89.8 Å². The lowest BCUT2D eigenvalue weighted by atomic mass is 10.0. The van der Waals surface area contributed by atoms with Gasteiger partial charge in [0.15, 0.2) is 13.9 Å². The Morgan fingerprint density at radius 2 is 1.42 bits per heavy atom. The van der Waals surface area contributed by atoms with Crippen LogP contribution < -0.4 is 0 Å². The second-order valence-corrected chi connectivity index (χ2v) is 19.0.